The van der Waals surface area contributed by atoms with Crippen LogP contribution in [0.2, 0.25) is 0 Å². The Labute approximate surface area is 117 Å². The molecule has 0 aromatic carbocycles. The van der Waals surface area contributed by atoms with Crippen molar-refractivity contribution in [3.05, 3.63) is 12.3 Å². The number of hydrogen-bond acceptors (Lipinski definition) is 5. The van der Waals surface area contributed by atoms with Crippen molar-refractivity contribution < 1.29 is 18.7 Å². The van der Waals surface area contributed by atoms with Crippen LogP contribution in [-0.2, 0) is 14.3 Å². The second kappa shape index (κ2) is 3.87. The third-order valence-electron chi connectivity index (χ3n) is 3.94. The van der Waals surface area contributed by atoms with Gasteiger partial charge in [-0.05, 0) is 40.0 Å². The van der Waals surface area contributed by atoms with E-state index < -0.39 is 23.0 Å². The highest BCUT2D eigenvalue weighted by Gasteiger charge is 2.69. The molecule has 110 valence electrons. The maximum Gasteiger partial charge on any atom is 0.368 e. The lowest BCUT2D eigenvalue weighted by Gasteiger charge is -2.65. The summed E-state index contributed by atoms with van der Waals surface area (Å²) in [5.74, 6) is -0.580. The van der Waals surface area contributed by atoms with Crippen LogP contribution in [0.3, 0.4) is 0 Å². The van der Waals surface area contributed by atoms with Crippen LogP contribution in [0.15, 0.2) is 22.5 Å². The van der Waals surface area contributed by atoms with Gasteiger partial charge in [0, 0.05) is 11.5 Å². The molecule has 0 spiro atoms. The summed E-state index contributed by atoms with van der Waals surface area (Å²) >= 11 is 0. The van der Waals surface area contributed by atoms with Crippen LogP contribution >= 0.6 is 0 Å². The first-order valence-electron chi connectivity index (χ1n) is 6.82. The van der Waals surface area contributed by atoms with Crippen LogP contribution < -0.4 is 0 Å². The van der Waals surface area contributed by atoms with Gasteiger partial charge in [-0.3, -0.25) is 0 Å². The minimum atomic E-state index is -1.49. The molecule has 6 heteroatoms. The Bertz CT molecular complexity index is 475. The van der Waals surface area contributed by atoms with E-state index in [9.17, 15) is 9.18 Å². The molecule has 0 amide bonds. The van der Waals surface area contributed by atoms with Crippen molar-refractivity contribution in [1.82, 2.24) is 0 Å². The maximum atomic E-state index is 13.5. The van der Waals surface area contributed by atoms with Crippen molar-refractivity contribution in [2.45, 2.75) is 57.0 Å². The molecule has 3 saturated carbocycles. The topological polar surface area (TPSA) is 60.2 Å². The van der Waals surface area contributed by atoms with E-state index in [1.807, 2.05) is 0 Å². The monoisotopic (exact) mass is 282 g/mol. The fraction of sp³-hybridized carbons (Fsp3) is 0.786. The Hall–Kier alpha value is -1.30. The van der Waals surface area contributed by atoms with Gasteiger partial charge in [0.2, 0.25) is 0 Å². The van der Waals surface area contributed by atoms with Gasteiger partial charge in [-0.2, -0.15) is 5.11 Å². The standard InChI is InChI=1S/C14H19FN2O3/c1-11(2,3)20-10(18)14(4-5-16-17-14)19-9-12-6-13(15,7-12)8-12/h4-5H,6-9H2,1-3H3. The first-order chi connectivity index (χ1) is 9.16. The molecule has 3 aliphatic carbocycles. The van der Waals surface area contributed by atoms with Gasteiger partial charge in [-0.15, -0.1) is 5.11 Å². The number of ether oxygens (including phenoxy) is 2. The molecule has 0 saturated heterocycles. The average molecular weight is 282 g/mol. The van der Waals surface area contributed by atoms with Crippen LogP contribution in [0.25, 0.3) is 0 Å². The number of azo groups is 1. The molecule has 4 rings (SSSR count). The molecule has 5 nitrogen and oxygen atoms in total. The Morgan fingerprint density at radius 2 is 2.00 bits per heavy atom. The number of esters is 1. The highest BCUT2D eigenvalue weighted by atomic mass is 19.1. The zero-order valence-corrected chi connectivity index (χ0v) is 12.0. The molecular formula is C14H19FN2O3. The van der Waals surface area contributed by atoms with Crippen LogP contribution in [0.4, 0.5) is 4.39 Å². The summed E-state index contributed by atoms with van der Waals surface area (Å²) in [6.45, 7) is 5.65. The Morgan fingerprint density at radius 3 is 2.45 bits per heavy atom. The van der Waals surface area contributed by atoms with Gasteiger partial charge in [0.05, 0.1) is 12.8 Å². The molecule has 1 atom stereocenters. The van der Waals surface area contributed by atoms with Gasteiger partial charge in [-0.1, -0.05) is 0 Å². The largest absolute Gasteiger partial charge is 0.456 e. The quantitative estimate of drug-likeness (QED) is 0.745. The predicted octanol–water partition coefficient (Wildman–Crippen LogP) is 2.91. The van der Waals surface area contributed by atoms with Crippen LogP contribution in [-0.4, -0.2) is 29.6 Å². The average Bonchev–Trinajstić information content (AvgIpc) is 2.69. The van der Waals surface area contributed by atoms with Gasteiger partial charge in [0.25, 0.3) is 5.72 Å². The first-order valence-corrected chi connectivity index (χ1v) is 6.82. The second-order valence-corrected chi connectivity index (χ2v) is 7.20. The first kappa shape index (κ1) is 13.7. The lowest BCUT2D eigenvalue weighted by atomic mass is 9.42. The van der Waals surface area contributed by atoms with Crippen molar-refractivity contribution in [3.63, 3.8) is 0 Å². The zero-order valence-electron chi connectivity index (χ0n) is 12.0. The van der Waals surface area contributed by atoms with Gasteiger partial charge in [0.1, 0.15) is 11.3 Å². The number of halogens is 1. The number of alkyl halides is 1. The van der Waals surface area contributed by atoms with E-state index >= 15 is 0 Å². The Morgan fingerprint density at radius 1 is 1.35 bits per heavy atom. The lowest BCUT2D eigenvalue weighted by Crippen LogP contribution is -2.66. The van der Waals surface area contributed by atoms with Crippen LogP contribution in [0.5, 0.6) is 0 Å². The van der Waals surface area contributed by atoms with Crippen molar-refractivity contribution in [2.75, 3.05) is 6.61 Å². The summed E-state index contributed by atoms with van der Waals surface area (Å²) in [7, 11) is 0. The molecule has 2 bridgehead atoms. The summed E-state index contributed by atoms with van der Waals surface area (Å²) in [4.78, 5) is 12.3. The fourth-order valence-corrected chi connectivity index (χ4v) is 3.16. The zero-order chi connectivity index (χ0) is 14.6. The SMILES string of the molecule is CC(C)(C)OC(=O)C1(OCC23CC(F)(C2)C3)C=CN=N1. The molecule has 0 aromatic heterocycles. The molecular weight excluding hydrogens is 263 g/mol. The van der Waals surface area contributed by atoms with Crippen molar-refractivity contribution in [1.29, 1.82) is 0 Å². The number of hydrogen-bond donors (Lipinski definition) is 0. The van der Waals surface area contributed by atoms with Crippen LogP contribution in [0.1, 0.15) is 40.0 Å². The van der Waals surface area contributed by atoms with Gasteiger partial charge in [0.15, 0.2) is 0 Å². The van der Waals surface area contributed by atoms with Gasteiger partial charge < -0.3 is 9.47 Å². The molecule has 1 heterocycles. The predicted molar refractivity (Wildman–Crippen MR) is 68.6 cm³/mol. The molecule has 0 N–H and O–H groups in total. The summed E-state index contributed by atoms with van der Waals surface area (Å²) in [5.41, 5.74) is -3.21. The molecule has 0 aromatic rings. The highest BCUT2D eigenvalue weighted by molar-refractivity contribution is 5.82. The minimum absolute atomic E-state index is 0.115. The van der Waals surface area contributed by atoms with E-state index in [0.29, 0.717) is 25.9 Å². The van der Waals surface area contributed by atoms with E-state index in [2.05, 4.69) is 10.2 Å². The third-order valence-corrected chi connectivity index (χ3v) is 3.94. The smallest absolute Gasteiger partial charge is 0.368 e. The highest BCUT2D eigenvalue weighted by Crippen LogP contribution is 2.69. The third kappa shape index (κ3) is 2.16. The molecule has 1 aliphatic heterocycles. The van der Waals surface area contributed by atoms with E-state index in [1.54, 1.807) is 20.8 Å². The van der Waals surface area contributed by atoms with E-state index in [0.717, 1.165) is 0 Å². The number of carbonyl (C=O) groups is 1. The van der Waals surface area contributed by atoms with Crippen molar-refractivity contribution >= 4 is 5.97 Å². The van der Waals surface area contributed by atoms with Crippen molar-refractivity contribution in [2.24, 2.45) is 15.6 Å². The van der Waals surface area contributed by atoms with Gasteiger partial charge >= 0.3 is 5.97 Å². The minimum Gasteiger partial charge on any atom is -0.456 e. The normalized spacial score (nSPS) is 41.2. The van der Waals surface area contributed by atoms with E-state index in [4.69, 9.17) is 9.47 Å². The summed E-state index contributed by atoms with van der Waals surface area (Å²) < 4.78 is 24.5. The summed E-state index contributed by atoms with van der Waals surface area (Å²) in [6.07, 6.45) is 4.46. The lowest BCUT2D eigenvalue weighted by molar-refractivity contribution is -0.251. The Balaban J connectivity index is 1.65. The molecule has 4 aliphatic rings. The number of rotatable bonds is 4. The molecule has 3 fully saturated rings. The summed E-state index contributed by atoms with van der Waals surface area (Å²) in [5, 5.41) is 7.57. The molecule has 20 heavy (non-hydrogen) atoms. The number of nitrogens with zero attached hydrogens (tertiary/aromatic N) is 2. The van der Waals surface area contributed by atoms with Gasteiger partial charge in [-0.25, -0.2) is 9.18 Å². The second-order valence-electron chi connectivity index (χ2n) is 7.20. The van der Waals surface area contributed by atoms with Crippen LogP contribution in [0, 0.1) is 5.41 Å². The summed E-state index contributed by atoms with van der Waals surface area (Å²) in [6, 6.07) is 0. The number of carbonyl (C=O) groups excluding carboxylic acids is 1. The molecule has 0 radical (unpaired) electrons. The fourth-order valence-electron chi connectivity index (χ4n) is 3.16. The van der Waals surface area contributed by atoms with Crippen molar-refractivity contribution in [3.8, 4) is 0 Å². The Kier molecular flexibility index (Phi) is 2.65. The van der Waals surface area contributed by atoms with E-state index in [-0.39, 0.29) is 5.41 Å². The van der Waals surface area contributed by atoms with E-state index in [1.165, 1.54) is 12.3 Å². The maximum absolute atomic E-state index is 13.5. The molecule has 1 unspecified atom stereocenters.